The monoisotopic (exact) mass is 256 g/mol. The van der Waals surface area contributed by atoms with Crippen LogP contribution < -0.4 is 4.74 Å². The van der Waals surface area contributed by atoms with Crippen LogP contribution in [0.4, 0.5) is 0 Å². The summed E-state index contributed by atoms with van der Waals surface area (Å²) in [6.07, 6.45) is 1.45. The number of carboxylic acids is 1. The average Bonchev–Trinajstić information content (AvgIpc) is 2.54. The highest BCUT2D eigenvalue weighted by Crippen LogP contribution is 2.35. The number of benzene rings is 1. The number of hydrogen-bond donors (Lipinski definition) is 1. The molecular formula is C11H12O5S. The van der Waals surface area contributed by atoms with Crippen molar-refractivity contribution in [3.8, 4) is 5.75 Å². The lowest BCUT2D eigenvalue weighted by Gasteiger charge is -2.07. The standard InChI is InChI=1S/C11H12O5S/c1-6-3-7-4-8(17(2,14)15)5-9(11(12)13)10(7)16-6/h4-6H,3H2,1-2H3,(H,12,13). The third kappa shape index (κ3) is 2.12. The Bertz CT molecular complexity index is 588. The van der Waals surface area contributed by atoms with Crippen LogP contribution >= 0.6 is 0 Å². The first-order valence-corrected chi connectivity index (χ1v) is 6.95. The van der Waals surface area contributed by atoms with Crippen LogP contribution in [0.1, 0.15) is 22.8 Å². The van der Waals surface area contributed by atoms with Crippen molar-refractivity contribution < 1.29 is 23.1 Å². The summed E-state index contributed by atoms with van der Waals surface area (Å²) in [4.78, 5) is 11.1. The Hall–Kier alpha value is -1.56. The van der Waals surface area contributed by atoms with E-state index in [1.807, 2.05) is 6.92 Å². The first-order valence-electron chi connectivity index (χ1n) is 5.06. The highest BCUT2D eigenvalue weighted by atomic mass is 32.2. The number of hydrogen-bond acceptors (Lipinski definition) is 4. The molecule has 92 valence electrons. The second kappa shape index (κ2) is 3.73. The summed E-state index contributed by atoms with van der Waals surface area (Å²) in [5.41, 5.74) is 0.546. The lowest BCUT2D eigenvalue weighted by atomic mass is 10.1. The Morgan fingerprint density at radius 3 is 2.65 bits per heavy atom. The number of fused-ring (bicyclic) bond motifs is 1. The number of sulfone groups is 1. The molecule has 17 heavy (non-hydrogen) atoms. The molecule has 1 unspecified atom stereocenters. The molecule has 1 heterocycles. The molecule has 1 aromatic rings. The van der Waals surface area contributed by atoms with E-state index in [0.29, 0.717) is 12.0 Å². The van der Waals surface area contributed by atoms with Crippen molar-refractivity contribution in [2.45, 2.75) is 24.3 Å². The third-order valence-electron chi connectivity index (χ3n) is 2.62. The van der Waals surface area contributed by atoms with E-state index in [9.17, 15) is 13.2 Å². The van der Waals surface area contributed by atoms with E-state index in [1.54, 1.807) is 0 Å². The Labute approximate surface area is 98.9 Å². The minimum absolute atomic E-state index is 0.0198. The van der Waals surface area contributed by atoms with Gasteiger partial charge in [0.2, 0.25) is 0 Å². The van der Waals surface area contributed by atoms with Crippen LogP contribution in [0.2, 0.25) is 0 Å². The molecule has 1 N–H and O–H groups in total. The van der Waals surface area contributed by atoms with Gasteiger partial charge in [0.25, 0.3) is 0 Å². The second-order valence-electron chi connectivity index (χ2n) is 4.17. The van der Waals surface area contributed by atoms with Crippen molar-refractivity contribution in [1.29, 1.82) is 0 Å². The van der Waals surface area contributed by atoms with Gasteiger partial charge >= 0.3 is 5.97 Å². The molecule has 1 aromatic carbocycles. The van der Waals surface area contributed by atoms with E-state index in [2.05, 4.69) is 0 Å². The van der Waals surface area contributed by atoms with Gasteiger partial charge in [-0.15, -0.1) is 0 Å². The largest absolute Gasteiger partial charge is 0.489 e. The molecule has 0 saturated carbocycles. The summed E-state index contributed by atoms with van der Waals surface area (Å²) < 4.78 is 28.3. The Balaban J connectivity index is 2.68. The first-order chi connectivity index (χ1) is 7.79. The summed E-state index contributed by atoms with van der Waals surface area (Å²) in [5, 5.41) is 9.05. The topological polar surface area (TPSA) is 80.7 Å². The van der Waals surface area contributed by atoms with Gasteiger partial charge in [0, 0.05) is 12.7 Å². The van der Waals surface area contributed by atoms with E-state index in [0.717, 1.165) is 12.3 Å². The zero-order valence-electron chi connectivity index (χ0n) is 9.43. The summed E-state index contributed by atoms with van der Waals surface area (Å²) in [5.74, 6) is -0.891. The number of ether oxygens (including phenoxy) is 1. The summed E-state index contributed by atoms with van der Waals surface area (Å²) in [6.45, 7) is 1.81. The maximum atomic E-state index is 11.5. The van der Waals surface area contributed by atoms with Gasteiger partial charge < -0.3 is 9.84 Å². The van der Waals surface area contributed by atoms with Gasteiger partial charge in [-0.1, -0.05) is 0 Å². The van der Waals surface area contributed by atoms with Gasteiger partial charge in [0.05, 0.1) is 4.90 Å². The molecule has 0 aromatic heterocycles. The zero-order chi connectivity index (χ0) is 12.8. The first kappa shape index (κ1) is 11.9. The molecule has 0 aliphatic carbocycles. The van der Waals surface area contributed by atoms with E-state index in [1.165, 1.54) is 6.07 Å². The van der Waals surface area contributed by atoms with E-state index in [-0.39, 0.29) is 22.3 Å². The van der Waals surface area contributed by atoms with Crippen LogP contribution in [0.15, 0.2) is 17.0 Å². The van der Waals surface area contributed by atoms with Crippen molar-refractivity contribution in [3.05, 3.63) is 23.3 Å². The normalized spacial score (nSPS) is 18.6. The molecule has 5 nitrogen and oxygen atoms in total. The fourth-order valence-electron chi connectivity index (χ4n) is 1.88. The molecular weight excluding hydrogens is 244 g/mol. The van der Waals surface area contributed by atoms with Gasteiger partial charge in [0.1, 0.15) is 17.4 Å². The highest BCUT2D eigenvalue weighted by molar-refractivity contribution is 7.90. The number of rotatable bonds is 2. The SMILES string of the molecule is CC1Cc2cc(S(C)(=O)=O)cc(C(=O)O)c2O1. The molecule has 0 bridgehead atoms. The lowest BCUT2D eigenvalue weighted by Crippen LogP contribution is -2.07. The van der Waals surface area contributed by atoms with E-state index >= 15 is 0 Å². The molecule has 0 amide bonds. The van der Waals surface area contributed by atoms with Crippen molar-refractivity contribution in [2.24, 2.45) is 0 Å². The van der Waals surface area contributed by atoms with E-state index < -0.39 is 15.8 Å². The van der Waals surface area contributed by atoms with Gasteiger partial charge in [-0.2, -0.15) is 0 Å². The predicted octanol–water partition coefficient (Wildman–Crippen LogP) is 1.11. The summed E-state index contributed by atoms with van der Waals surface area (Å²) in [7, 11) is -3.42. The van der Waals surface area contributed by atoms with Crippen molar-refractivity contribution in [2.75, 3.05) is 6.26 Å². The zero-order valence-corrected chi connectivity index (χ0v) is 10.2. The maximum absolute atomic E-state index is 11.5. The molecule has 1 aliphatic rings. The predicted molar refractivity (Wildman–Crippen MR) is 60.3 cm³/mol. The number of carbonyl (C=O) groups is 1. The summed E-state index contributed by atoms with van der Waals surface area (Å²) in [6, 6.07) is 2.63. The van der Waals surface area contributed by atoms with Crippen LogP contribution in [-0.4, -0.2) is 31.9 Å². The van der Waals surface area contributed by atoms with Gasteiger partial charge in [-0.05, 0) is 24.6 Å². The molecule has 2 rings (SSSR count). The quantitative estimate of drug-likeness (QED) is 0.857. The molecule has 0 radical (unpaired) electrons. The number of aromatic carboxylic acids is 1. The number of carboxylic acid groups (broad SMARTS) is 1. The van der Waals surface area contributed by atoms with Crippen LogP contribution in [0, 0.1) is 0 Å². The molecule has 1 atom stereocenters. The van der Waals surface area contributed by atoms with Gasteiger partial charge in [0.15, 0.2) is 9.84 Å². The maximum Gasteiger partial charge on any atom is 0.339 e. The molecule has 0 saturated heterocycles. The lowest BCUT2D eigenvalue weighted by molar-refractivity contribution is 0.0691. The van der Waals surface area contributed by atoms with Gasteiger partial charge in [-0.25, -0.2) is 13.2 Å². The fraction of sp³-hybridized carbons (Fsp3) is 0.364. The van der Waals surface area contributed by atoms with E-state index in [4.69, 9.17) is 9.84 Å². The molecule has 0 spiro atoms. The van der Waals surface area contributed by atoms with Crippen molar-refractivity contribution in [3.63, 3.8) is 0 Å². The van der Waals surface area contributed by atoms with Crippen LogP contribution in [-0.2, 0) is 16.3 Å². The van der Waals surface area contributed by atoms with Crippen LogP contribution in [0.5, 0.6) is 5.75 Å². The minimum Gasteiger partial charge on any atom is -0.489 e. The van der Waals surface area contributed by atoms with Crippen LogP contribution in [0.25, 0.3) is 0 Å². The summed E-state index contributed by atoms with van der Waals surface area (Å²) >= 11 is 0. The highest BCUT2D eigenvalue weighted by Gasteiger charge is 2.27. The third-order valence-corrected chi connectivity index (χ3v) is 3.72. The van der Waals surface area contributed by atoms with Crippen molar-refractivity contribution >= 4 is 15.8 Å². The second-order valence-corrected chi connectivity index (χ2v) is 6.18. The average molecular weight is 256 g/mol. The smallest absolute Gasteiger partial charge is 0.339 e. The molecule has 0 fully saturated rings. The molecule has 1 aliphatic heterocycles. The van der Waals surface area contributed by atoms with Crippen LogP contribution in [0.3, 0.4) is 0 Å². The van der Waals surface area contributed by atoms with Gasteiger partial charge in [-0.3, -0.25) is 0 Å². The fourth-order valence-corrected chi connectivity index (χ4v) is 2.56. The Kier molecular flexibility index (Phi) is 2.61. The Morgan fingerprint density at radius 1 is 1.47 bits per heavy atom. The Morgan fingerprint density at radius 2 is 2.12 bits per heavy atom. The molecule has 6 heteroatoms. The van der Waals surface area contributed by atoms with Crippen molar-refractivity contribution in [1.82, 2.24) is 0 Å². The minimum atomic E-state index is -3.42.